The fourth-order valence-electron chi connectivity index (χ4n) is 2.90. The molecular formula is C22H35N5S. The van der Waals surface area contributed by atoms with Gasteiger partial charge in [-0.2, -0.15) is 0 Å². The van der Waals surface area contributed by atoms with Crippen LogP contribution < -0.4 is 10.6 Å². The van der Waals surface area contributed by atoms with Gasteiger partial charge in [-0.15, -0.1) is 11.3 Å². The van der Waals surface area contributed by atoms with Crippen LogP contribution in [0.1, 0.15) is 47.5 Å². The average molecular weight is 402 g/mol. The van der Waals surface area contributed by atoms with E-state index in [2.05, 4.69) is 79.4 Å². The molecule has 0 unspecified atom stereocenters. The zero-order valence-electron chi connectivity index (χ0n) is 18.0. The summed E-state index contributed by atoms with van der Waals surface area (Å²) < 4.78 is 0. The van der Waals surface area contributed by atoms with E-state index in [9.17, 15) is 0 Å². The normalized spacial score (nSPS) is 11.9. The van der Waals surface area contributed by atoms with Gasteiger partial charge < -0.3 is 10.6 Å². The maximum atomic E-state index is 4.73. The van der Waals surface area contributed by atoms with Crippen molar-refractivity contribution in [3.05, 3.63) is 51.0 Å². The second-order valence-corrected chi connectivity index (χ2v) is 8.19. The smallest absolute Gasteiger partial charge is 0.191 e. The molecule has 0 aliphatic rings. The van der Waals surface area contributed by atoms with Crippen LogP contribution in [-0.2, 0) is 19.5 Å². The Labute approximate surface area is 174 Å². The molecule has 0 saturated heterocycles. The van der Waals surface area contributed by atoms with Gasteiger partial charge in [0, 0.05) is 30.9 Å². The van der Waals surface area contributed by atoms with E-state index in [1.165, 1.54) is 21.0 Å². The van der Waals surface area contributed by atoms with Crippen LogP contribution in [0, 0.1) is 13.8 Å². The lowest BCUT2D eigenvalue weighted by Crippen LogP contribution is -2.38. The molecule has 0 amide bonds. The van der Waals surface area contributed by atoms with E-state index < -0.39 is 0 Å². The Hall–Kier alpha value is -1.92. The van der Waals surface area contributed by atoms with Crippen LogP contribution >= 0.6 is 11.3 Å². The maximum Gasteiger partial charge on any atom is 0.191 e. The number of aryl methyl sites for hydroxylation is 2. The van der Waals surface area contributed by atoms with E-state index >= 15 is 0 Å². The number of nitrogens with zero attached hydrogens (tertiary/aromatic N) is 3. The summed E-state index contributed by atoms with van der Waals surface area (Å²) in [7, 11) is 0. The Morgan fingerprint density at radius 3 is 2.29 bits per heavy atom. The average Bonchev–Trinajstić information content (AvgIpc) is 3.02. The molecule has 1 heterocycles. The Morgan fingerprint density at radius 1 is 1.04 bits per heavy atom. The number of aromatic nitrogens is 1. The molecule has 0 fully saturated rings. The highest BCUT2D eigenvalue weighted by atomic mass is 32.1. The van der Waals surface area contributed by atoms with E-state index in [4.69, 9.17) is 4.99 Å². The highest BCUT2D eigenvalue weighted by molar-refractivity contribution is 7.11. The first-order valence-electron chi connectivity index (χ1n) is 10.3. The maximum absolute atomic E-state index is 4.73. The predicted octanol–water partition coefficient (Wildman–Crippen LogP) is 3.90. The number of guanidine groups is 1. The van der Waals surface area contributed by atoms with E-state index in [0.29, 0.717) is 6.54 Å². The van der Waals surface area contributed by atoms with Crippen molar-refractivity contribution in [2.75, 3.05) is 26.2 Å². The Balaban J connectivity index is 1.87. The minimum absolute atomic E-state index is 0.677. The van der Waals surface area contributed by atoms with Gasteiger partial charge in [0.15, 0.2) is 5.96 Å². The van der Waals surface area contributed by atoms with Gasteiger partial charge in [-0.05, 0) is 45.0 Å². The molecular weight excluding hydrogens is 366 g/mol. The van der Waals surface area contributed by atoms with Crippen molar-refractivity contribution < 1.29 is 0 Å². The minimum Gasteiger partial charge on any atom is -0.357 e. The fourth-order valence-corrected chi connectivity index (χ4v) is 3.84. The van der Waals surface area contributed by atoms with Crippen molar-refractivity contribution in [1.29, 1.82) is 0 Å². The molecule has 1 aromatic heterocycles. The van der Waals surface area contributed by atoms with E-state index in [1.807, 2.05) is 0 Å². The van der Waals surface area contributed by atoms with Gasteiger partial charge >= 0.3 is 0 Å². The summed E-state index contributed by atoms with van der Waals surface area (Å²) in [4.78, 5) is 13.1. The van der Waals surface area contributed by atoms with Crippen LogP contribution in [0.4, 0.5) is 0 Å². The first-order chi connectivity index (χ1) is 13.5. The predicted molar refractivity (Wildman–Crippen MR) is 121 cm³/mol. The summed E-state index contributed by atoms with van der Waals surface area (Å²) in [6.07, 6.45) is 0.920. The highest BCUT2D eigenvalue weighted by Gasteiger charge is 2.05. The van der Waals surface area contributed by atoms with Crippen LogP contribution in [0.3, 0.4) is 0 Å². The Kier molecular flexibility index (Phi) is 9.44. The molecule has 0 aliphatic carbocycles. The highest BCUT2D eigenvalue weighted by Crippen LogP contribution is 2.16. The number of rotatable bonds is 10. The number of benzene rings is 1. The topological polar surface area (TPSA) is 52.6 Å². The molecule has 0 radical (unpaired) electrons. The molecule has 1 aromatic carbocycles. The zero-order valence-corrected chi connectivity index (χ0v) is 18.8. The lowest BCUT2D eigenvalue weighted by atomic mass is 10.1. The molecule has 0 spiro atoms. The molecule has 5 nitrogen and oxygen atoms in total. The van der Waals surface area contributed by atoms with Gasteiger partial charge in [0.2, 0.25) is 0 Å². The van der Waals surface area contributed by atoms with Crippen LogP contribution in [0.5, 0.6) is 0 Å². The molecule has 154 valence electrons. The van der Waals surface area contributed by atoms with Crippen LogP contribution in [-0.4, -0.2) is 42.0 Å². The lowest BCUT2D eigenvalue weighted by Gasteiger charge is -2.18. The van der Waals surface area contributed by atoms with Crippen molar-refractivity contribution in [1.82, 2.24) is 20.5 Å². The van der Waals surface area contributed by atoms with E-state index in [1.54, 1.807) is 11.3 Å². The first kappa shape index (κ1) is 22.4. The van der Waals surface area contributed by atoms with Gasteiger partial charge in [0.25, 0.3) is 0 Å². The Bertz CT molecular complexity index is 712. The Morgan fingerprint density at radius 2 is 1.71 bits per heavy atom. The van der Waals surface area contributed by atoms with Crippen molar-refractivity contribution in [2.45, 2.75) is 54.1 Å². The molecule has 0 saturated carbocycles. The van der Waals surface area contributed by atoms with Crippen LogP contribution in [0.15, 0.2) is 29.3 Å². The third-order valence-corrected chi connectivity index (χ3v) is 5.92. The standard InChI is InChI=1S/C22H35N5S/c1-6-23-22(24-14-13-21-26-17(4)18(5)28-21)25-15-19-9-11-20(12-10-19)16-27(7-2)8-3/h9-12H,6-8,13-16H2,1-5H3,(H2,23,24,25). The summed E-state index contributed by atoms with van der Waals surface area (Å²) in [6, 6.07) is 8.81. The van der Waals surface area contributed by atoms with Gasteiger partial charge in [-0.1, -0.05) is 38.1 Å². The van der Waals surface area contributed by atoms with Crippen LogP contribution in [0.25, 0.3) is 0 Å². The molecule has 2 aromatic rings. The molecule has 28 heavy (non-hydrogen) atoms. The molecule has 0 bridgehead atoms. The molecule has 0 aliphatic heterocycles. The first-order valence-corrected chi connectivity index (χ1v) is 11.1. The van der Waals surface area contributed by atoms with Crippen molar-refractivity contribution in [2.24, 2.45) is 4.99 Å². The summed E-state index contributed by atoms with van der Waals surface area (Å²) in [5, 5.41) is 7.93. The molecule has 6 heteroatoms. The van der Waals surface area contributed by atoms with Gasteiger partial charge in [0.1, 0.15) is 0 Å². The number of aliphatic imine (C=N–C) groups is 1. The molecule has 2 N–H and O–H groups in total. The van der Waals surface area contributed by atoms with E-state index in [-0.39, 0.29) is 0 Å². The summed E-state index contributed by atoms with van der Waals surface area (Å²) in [5.74, 6) is 0.861. The third-order valence-electron chi connectivity index (χ3n) is 4.79. The minimum atomic E-state index is 0.677. The number of hydrogen-bond acceptors (Lipinski definition) is 4. The van der Waals surface area contributed by atoms with Crippen molar-refractivity contribution >= 4 is 17.3 Å². The van der Waals surface area contributed by atoms with Crippen LogP contribution in [0.2, 0.25) is 0 Å². The monoisotopic (exact) mass is 401 g/mol. The van der Waals surface area contributed by atoms with Crippen molar-refractivity contribution in [3.63, 3.8) is 0 Å². The largest absolute Gasteiger partial charge is 0.357 e. The number of nitrogens with one attached hydrogen (secondary N) is 2. The second-order valence-electron chi connectivity index (χ2n) is 6.90. The van der Waals surface area contributed by atoms with Gasteiger partial charge in [0.05, 0.1) is 17.2 Å². The fraction of sp³-hybridized carbons (Fsp3) is 0.545. The number of thiazole rings is 1. The number of hydrogen-bond donors (Lipinski definition) is 2. The molecule has 2 rings (SSSR count). The second kappa shape index (κ2) is 11.8. The summed E-state index contributed by atoms with van der Waals surface area (Å²) in [6.45, 7) is 16.2. The quantitative estimate of drug-likeness (QED) is 0.468. The van der Waals surface area contributed by atoms with Crippen molar-refractivity contribution in [3.8, 4) is 0 Å². The zero-order chi connectivity index (χ0) is 20.4. The third kappa shape index (κ3) is 7.24. The summed E-state index contributed by atoms with van der Waals surface area (Å²) >= 11 is 1.78. The lowest BCUT2D eigenvalue weighted by molar-refractivity contribution is 0.296. The van der Waals surface area contributed by atoms with E-state index in [0.717, 1.165) is 50.8 Å². The van der Waals surface area contributed by atoms with Gasteiger partial charge in [-0.25, -0.2) is 9.98 Å². The van der Waals surface area contributed by atoms with Gasteiger partial charge in [-0.3, -0.25) is 4.90 Å². The summed E-state index contributed by atoms with van der Waals surface area (Å²) in [5.41, 5.74) is 3.73. The SMILES string of the molecule is CCNC(=NCc1ccc(CN(CC)CC)cc1)NCCc1nc(C)c(C)s1. The molecule has 0 atom stereocenters.